The molecule has 0 amide bonds. The SMILES string of the molecule is CS(=O)(=O)S(=O)(=O)CCCCS(=O)(=O)S(C)(=O)=O. The summed E-state index contributed by atoms with van der Waals surface area (Å²) in [6, 6.07) is 0. The molecule has 0 fully saturated rings. The van der Waals surface area contributed by atoms with Crippen molar-refractivity contribution in [2.45, 2.75) is 12.8 Å². The summed E-state index contributed by atoms with van der Waals surface area (Å²) in [5, 5.41) is 0. The van der Waals surface area contributed by atoms with Crippen LogP contribution in [0.4, 0.5) is 0 Å². The lowest BCUT2D eigenvalue weighted by Gasteiger charge is -2.03. The van der Waals surface area contributed by atoms with E-state index in [4.69, 9.17) is 0 Å². The van der Waals surface area contributed by atoms with Crippen LogP contribution in [0, 0.1) is 0 Å². The predicted octanol–water partition coefficient (Wildman–Crippen LogP) is -1.48. The Morgan fingerprint density at radius 3 is 0.944 bits per heavy atom. The van der Waals surface area contributed by atoms with Gasteiger partial charge in [0.15, 0.2) is 0 Å². The topological polar surface area (TPSA) is 137 Å². The summed E-state index contributed by atoms with van der Waals surface area (Å²) in [5.41, 5.74) is 0. The first-order chi connectivity index (χ1) is 7.71. The van der Waals surface area contributed by atoms with E-state index in [-0.39, 0.29) is 12.8 Å². The minimum absolute atomic E-state index is 0.246. The summed E-state index contributed by atoms with van der Waals surface area (Å²) >= 11 is 0. The molecule has 0 bridgehead atoms. The predicted molar refractivity (Wildman–Crippen MR) is 66.5 cm³/mol. The molecule has 0 aromatic heterocycles. The van der Waals surface area contributed by atoms with E-state index < -0.39 is 47.0 Å². The van der Waals surface area contributed by atoms with Crippen LogP contribution >= 0.6 is 0 Å². The fourth-order valence-electron chi connectivity index (χ4n) is 0.860. The highest BCUT2D eigenvalue weighted by Crippen LogP contribution is 2.08. The smallest absolute Gasteiger partial charge is 0.213 e. The van der Waals surface area contributed by atoms with E-state index in [1.807, 2.05) is 0 Å². The van der Waals surface area contributed by atoms with Crippen LogP contribution in [-0.2, 0) is 35.5 Å². The Hall–Kier alpha value is -0.200. The first-order valence-corrected chi connectivity index (χ1v) is 12.7. The molecule has 0 aromatic rings. The van der Waals surface area contributed by atoms with Crippen molar-refractivity contribution in [2.75, 3.05) is 24.0 Å². The lowest BCUT2D eigenvalue weighted by Crippen LogP contribution is -2.20. The Morgan fingerprint density at radius 1 is 0.556 bits per heavy atom. The molecule has 0 atom stereocenters. The number of unbranched alkanes of at least 4 members (excludes halogenated alkanes) is 1. The summed E-state index contributed by atoms with van der Waals surface area (Å²) in [6.45, 7) is 0. The van der Waals surface area contributed by atoms with E-state index in [2.05, 4.69) is 0 Å². The normalized spacial score (nSPS) is 14.6. The van der Waals surface area contributed by atoms with Crippen molar-refractivity contribution >= 4 is 35.5 Å². The lowest BCUT2D eigenvalue weighted by molar-refractivity contribution is 0.580. The third-order valence-corrected chi connectivity index (χ3v) is 11.9. The van der Waals surface area contributed by atoms with Gasteiger partial charge in [-0.05, 0) is 12.8 Å². The van der Waals surface area contributed by atoms with E-state index in [0.717, 1.165) is 0 Å². The summed E-state index contributed by atoms with van der Waals surface area (Å²) in [6.07, 6.45) is 0.583. The molecule has 18 heavy (non-hydrogen) atoms. The highest BCUT2D eigenvalue weighted by atomic mass is 33.2. The van der Waals surface area contributed by atoms with Crippen LogP contribution in [0.5, 0.6) is 0 Å². The van der Waals surface area contributed by atoms with Gasteiger partial charge < -0.3 is 0 Å². The van der Waals surface area contributed by atoms with Gasteiger partial charge in [0.2, 0.25) is 0 Å². The summed E-state index contributed by atoms with van der Waals surface area (Å²) in [7, 11) is -17.1. The average Bonchev–Trinajstić information content (AvgIpc) is 2.08. The van der Waals surface area contributed by atoms with Gasteiger partial charge in [-0.15, -0.1) is 0 Å². The molecule has 0 N–H and O–H groups in total. The Kier molecular flexibility index (Phi) is 5.37. The first-order valence-electron chi connectivity index (χ1n) is 4.56. The van der Waals surface area contributed by atoms with Gasteiger partial charge in [-0.2, -0.15) is 0 Å². The summed E-state index contributed by atoms with van der Waals surface area (Å²) < 4.78 is 87.7. The molecule has 0 aromatic carbocycles. The lowest BCUT2D eigenvalue weighted by atomic mass is 10.4. The molecule has 0 aliphatic rings. The van der Waals surface area contributed by atoms with E-state index in [1.165, 1.54) is 0 Å². The van der Waals surface area contributed by atoms with E-state index in [0.29, 0.717) is 12.5 Å². The Bertz CT molecular complexity index is 628. The third kappa shape index (κ3) is 4.82. The summed E-state index contributed by atoms with van der Waals surface area (Å²) in [4.78, 5) is 0. The molecule has 0 saturated heterocycles. The van der Waals surface area contributed by atoms with Crippen LogP contribution in [0.3, 0.4) is 0 Å². The second-order valence-electron chi connectivity index (χ2n) is 3.64. The maximum absolute atomic E-state index is 11.1. The minimum Gasteiger partial charge on any atom is -0.213 e. The van der Waals surface area contributed by atoms with Crippen LogP contribution in [0.25, 0.3) is 0 Å². The maximum Gasteiger partial charge on any atom is 0.253 e. The summed E-state index contributed by atoms with van der Waals surface area (Å²) in [5.74, 6) is -1.46. The zero-order valence-corrected chi connectivity index (χ0v) is 13.0. The highest BCUT2D eigenvalue weighted by Gasteiger charge is 2.26. The van der Waals surface area contributed by atoms with Crippen molar-refractivity contribution in [1.82, 2.24) is 0 Å². The van der Waals surface area contributed by atoms with Crippen molar-refractivity contribution in [3.63, 3.8) is 0 Å². The van der Waals surface area contributed by atoms with Crippen molar-refractivity contribution in [3.8, 4) is 0 Å². The molecule has 0 rings (SSSR count). The molecule has 110 valence electrons. The standard InChI is InChI=1S/C6H14O8S4/c1-15(7,8)17(11,12)5-3-4-6-18(13,14)16(2,9)10/h3-6H2,1-2H3. The monoisotopic (exact) mass is 342 g/mol. The third-order valence-electron chi connectivity index (χ3n) is 1.96. The van der Waals surface area contributed by atoms with E-state index in [9.17, 15) is 33.7 Å². The van der Waals surface area contributed by atoms with Gasteiger partial charge in [-0.1, -0.05) is 0 Å². The Labute approximate surface area is 106 Å². The van der Waals surface area contributed by atoms with Crippen molar-refractivity contribution in [2.24, 2.45) is 0 Å². The van der Waals surface area contributed by atoms with Gasteiger partial charge in [0, 0.05) is 0 Å². The number of hydrogen-bond acceptors (Lipinski definition) is 8. The highest BCUT2D eigenvalue weighted by molar-refractivity contribution is 8.67. The van der Waals surface area contributed by atoms with Crippen molar-refractivity contribution in [3.05, 3.63) is 0 Å². The molecule has 0 saturated carbocycles. The molecule has 0 aliphatic carbocycles. The average molecular weight is 342 g/mol. The second kappa shape index (κ2) is 5.43. The zero-order valence-electron chi connectivity index (χ0n) is 9.73. The van der Waals surface area contributed by atoms with Gasteiger partial charge in [0.1, 0.15) is 0 Å². The maximum atomic E-state index is 11.1. The van der Waals surface area contributed by atoms with Gasteiger partial charge in [0.05, 0.1) is 24.0 Å². The fraction of sp³-hybridized carbons (Fsp3) is 1.00. The molecular weight excluding hydrogens is 328 g/mol. The molecule has 12 heteroatoms. The Morgan fingerprint density at radius 2 is 0.778 bits per heavy atom. The quantitative estimate of drug-likeness (QED) is 0.403. The van der Waals surface area contributed by atoms with Crippen molar-refractivity contribution in [1.29, 1.82) is 0 Å². The second-order valence-corrected chi connectivity index (χ2v) is 16.2. The molecule has 0 heterocycles. The molecule has 8 nitrogen and oxygen atoms in total. The van der Waals surface area contributed by atoms with Gasteiger partial charge >= 0.3 is 0 Å². The van der Waals surface area contributed by atoms with E-state index >= 15 is 0 Å². The van der Waals surface area contributed by atoms with Gasteiger partial charge in [-0.25, -0.2) is 33.7 Å². The zero-order chi connectivity index (χ0) is 14.8. The van der Waals surface area contributed by atoms with Crippen LogP contribution in [0.1, 0.15) is 12.8 Å². The molecular formula is C6H14O8S4. The van der Waals surface area contributed by atoms with Crippen LogP contribution in [0.15, 0.2) is 0 Å². The number of rotatable bonds is 7. The molecule has 0 spiro atoms. The minimum atomic E-state index is -4.32. The molecule has 0 unspecified atom stereocenters. The van der Waals surface area contributed by atoms with Gasteiger partial charge in [-0.3, -0.25) is 0 Å². The number of hydrogen-bond donors (Lipinski definition) is 0. The van der Waals surface area contributed by atoms with Crippen molar-refractivity contribution < 1.29 is 33.7 Å². The first kappa shape index (κ1) is 17.8. The largest absolute Gasteiger partial charge is 0.253 e. The van der Waals surface area contributed by atoms with E-state index in [1.54, 1.807) is 0 Å². The van der Waals surface area contributed by atoms with Crippen LogP contribution < -0.4 is 0 Å². The fourth-order valence-corrected chi connectivity index (χ4v) is 5.10. The van der Waals surface area contributed by atoms with Crippen LogP contribution in [0.2, 0.25) is 0 Å². The van der Waals surface area contributed by atoms with Crippen LogP contribution in [-0.4, -0.2) is 57.7 Å². The van der Waals surface area contributed by atoms with Gasteiger partial charge in [0.25, 0.3) is 35.5 Å². The molecule has 0 aliphatic heterocycles. The molecule has 0 radical (unpaired) electrons. The Balaban J connectivity index is 4.54.